The van der Waals surface area contributed by atoms with Crippen LogP contribution in [0.2, 0.25) is 0 Å². The summed E-state index contributed by atoms with van der Waals surface area (Å²) in [6.07, 6.45) is 2.65. The SMILES string of the molecule is Cc1nc(/C=C2\C(=O)Nc3ccc(S(C)(=O)=O)cc32)n[nH]1. The third-order valence-electron chi connectivity index (χ3n) is 3.09. The number of amides is 1. The van der Waals surface area contributed by atoms with E-state index in [1.807, 2.05) is 0 Å². The lowest BCUT2D eigenvalue weighted by Crippen LogP contribution is -2.03. The zero-order chi connectivity index (χ0) is 15.2. The molecule has 0 saturated carbocycles. The van der Waals surface area contributed by atoms with Crippen molar-refractivity contribution in [3.05, 3.63) is 35.4 Å². The van der Waals surface area contributed by atoms with Crippen LogP contribution in [0.4, 0.5) is 5.69 Å². The largest absolute Gasteiger partial charge is 0.321 e. The van der Waals surface area contributed by atoms with Gasteiger partial charge in [-0.25, -0.2) is 13.4 Å². The Hall–Kier alpha value is -2.48. The molecule has 0 aliphatic carbocycles. The van der Waals surface area contributed by atoms with Gasteiger partial charge < -0.3 is 5.32 Å². The summed E-state index contributed by atoms with van der Waals surface area (Å²) in [4.78, 5) is 16.3. The Kier molecular flexibility index (Phi) is 2.91. The maximum Gasteiger partial charge on any atom is 0.256 e. The molecule has 0 fully saturated rings. The molecule has 1 aliphatic rings. The summed E-state index contributed by atoms with van der Waals surface area (Å²) >= 11 is 0. The van der Waals surface area contributed by atoms with Crippen molar-refractivity contribution < 1.29 is 13.2 Å². The van der Waals surface area contributed by atoms with E-state index >= 15 is 0 Å². The number of sulfone groups is 1. The second-order valence-corrected chi connectivity index (χ2v) is 6.79. The number of nitrogens with zero attached hydrogens (tertiary/aromatic N) is 2. The molecule has 1 aromatic heterocycles. The van der Waals surface area contributed by atoms with E-state index in [2.05, 4.69) is 20.5 Å². The number of carbonyl (C=O) groups excluding carboxylic acids is 1. The number of hydrogen-bond donors (Lipinski definition) is 2. The minimum atomic E-state index is -3.34. The van der Waals surface area contributed by atoms with Crippen molar-refractivity contribution in [2.24, 2.45) is 0 Å². The first-order valence-electron chi connectivity index (χ1n) is 6.11. The van der Waals surface area contributed by atoms with Crippen LogP contribution in [-0.2, 0) is 14.6 Å². The molecule has 21 heavy (non-hydrogen) atoms. The van der Waals surface area contributed by atoms with Gasteiger partial charge in [-0.2, -0.15) is 5.10 Å². The van der Waals surface area contributed by atoms with Crippen molar-refractivity contribution in [3.8, 4) is 0 Å². The van der Waals surface area contributed by atoms with E-state index in [9.17, 15) is 13.2 Å². The molecule has 0 spiro atoms. The number of H-pyrrole nitrogens is 1. The molecule has 0 saturated heterocycles. The number of anilines is 1. The quantitative estimate of drug-likeness (QED) is 0.806. The second kappa shape index (κ2) is 4.52. The minimum absolute atomic E-state index is 0.162. The fraction of sp³-hybridized carbons (Fsp3) is 0.154. The lowest BCUT2D eigenvalue weighted by molar-refractivity contribution is -0.110. The zero-order valence-electron chi connectivity index (χ0n) is 11.3. The standard InChI is InChI=1S/C13H12N4O3S/c1-7-14-12(17-16-7)6-10-9-5-8(21(2,19)20)3-4-11(9)15-13(10)18/h3-6H,1-2H3,(H,15,18)(H,14,16,17)/b10-6-. The molecule has 1 amide bonds. The van der Waals surface area contributed by atoms with Crippen molar-refractivity contribution in [1.29, 1.82) is 0 Å². The van der Waals surface area contributed by atoms with Crippen LogP contribution in [0.25, 0.3) is 11.6 Å². The summed E-state index contributed by atoms with van der Waals surface area (Å²) in [5.74, 6) is 0.693. The predicted molar refractivity (Wildman–Crippen MR) is 77.2 cm³/mol. The topological polar surface area (TPSA) is 105 Å². The van der Waals surface area contributed by atoms with Crippen LogP contribution < -0.4 is 5.32 Å². The molecule has 0 atom stereocenters. The summed E-state index contributed by atoms with van der Waals surface area (Å²) in [5, 5.41) is 9.32. The van der Waals surface area contributed by atoms with Gasteiger partial charge in [-0.3, -0.25) is 9.89 Å². The summed E-state index contributed by atoms with van der Waals surface area (Å²) < 4.78 is 23.3. The highest BCUT2D eigenvalue weighted by atomic mass is 32.2. The Balaban J connectivity index is 2.14. The smallest absolute Gasteiger partial charge is 0.256 e. The van der Waals surface area contributed by atoms with E-state index in [0.29, 0.717) is 28.5 Å². The summed E-state index contributed by atoms with van der Waals surface area (Å²) in [7, 11) is -3.34. The fourth-order valence-corrected chi connectivity index (χ4v) is 2.74. The molecule has 3 rings (SSSR count). The number of aromatic amines is 1. The monoisotopic (exact) mass is 304 g/mol. The number of aryl methyl sites for hydroxylation is 1. The Morgan fingerprint density at radius 2 is 2.05 bits per heavy atom. The Morgan fingerprint density at radius 1 is 1.29 bits per heavy atom. The van der Waals surface area contributed by atoms with Crippen LogP contribution in [0.15, 0.2) is 23.1 Å². The van der Waals surface area contributed by atoms with Gasteiger partial charge in [0.05, 0.1) is 10.5 Å². The van der Waals surface area contributed by atoms with Gasteiger partial charge in [-0.15, -0.1) is 0 Å². The van der Waals surface area contributed by atoms with Crippen LogP contribution in [0.1, 0.15) is 17.2 Å². The zero-order valence-corrected chi connectivity index (χ0v) is 12.2. The molecule has 7 nitrogen and oxygen atoms in total. The highest BCUT2D eigenvalue weighted by Gasteiger charge is 2.26. The third-order valence-corrected chi connectivity index (χ3v) is 4.20. The second-order valence-electron chi connectivity index (χ2n) is 4.77. The Morgan fingerprint density at radius 3 is 2.67 bits per heavy atom. The molecular weight excluding hydrogens is 292 g/mol. The predicted octanol–water partition coefficient (Wildman–Crippen LogP) is 1.01. The van der Waals surface area contributed by atoms with Crippen molar-refractivity contribution in [2.45, 2.75) is 11.8 Å². The number of aromatic nitrogens is 3. The maximum absolute atomic E-state index is 12.0. The normalized spacial score (nSPS) is 16.1. The molecule has 1 aliphatic heterocycles. The molecule has 1 aromatic carbocycles. The van der Waals surface area contributed by atoms with Gasteiger partial charge in [-0.05, 0) is 31.2 Å². The van der Waals surface area contributed by atoms with Crippen molar-refractivity contribution in [2.75, 3.05) is 11.6 Å². The first-order valence-corrected chi connectivity index (χ1v) is 8.00. The van der Waals surface area contributed by atoms with Gasteiger partial charge in [0, 0.05) is 17.5 Å². The first kappa shape index (κ1) is 13.5. The van der Waals surface area contributed by atoms with Crippen molar-refractivity contribution >= 4 is 33.1 Å². The van der Waals surface area contributed by atoms with E-state index in [-0.39, 0.29) is 10.8 Å². The van der Waals surface area contributed by atoms with Crippen LogP contribution in [0, 0.1) is 6.92 Å². The maximum atomic E-state index is 12.0. The molecule has 2 heterocycles. The summed E-state index contributed by atoms with van der Waals surface area (Å²) in [6.45, 7) is 1.75. The molecule has 2 aromatic rings. The van der Waals surface area contributed by atoms with Crippen LogP contribution >= 0.6 is 0 Å². The number of fused-ring (bicyclic) bond motifs is 1. The van der Waals surface area contributed by atoms with Gasteiger partial charge in [0.25, 0.3) is 5.91 Å². The number of nitrogens with one attached hydrogen (secondary N) is 2. The van der Waals surface area contributed by atoms with Gasteiger partial charge in [0.2, 0.25) is 0 Å². The van der Waals surface area contributed by atoms with Crippen LogP contribution in [0.3, 0.4) is 0 Å². The average Bonchev–Trinajstić information content (AvgIpc) is 2.93. The third kappa shape index (κ3) is 2.45. The van der Waals surface area contributed by atoms with Crippen molar-refractivity contribution in [3.63, 3.8) is 0 Å². The molecule has 0 radical (unpaired) electrons. The lowest BCUT2D eigenvalue weighted by atomic mass is 10.1. The molecule has 2 N–H and O–H groups in total. The van der Waals surface area contributed by atoms with Gasteiger partial charge >= 0.3 is 0 Å². The van der Waals surface area contributed by atoms with Crippen molar-refractivity contribution in [1.82, 2.24) is 15.2 Å². The average molecular weight is 304 g/mol. The van der Waals surface area contributed by atoms with Gasteiger partial charge in [-0.1, -0.05) is 0 Å². The number of carbonyl (C=O) groups is 1. The first-order chi connectivity index (χ1) is 9.84. The fourth-order valence-electron chi connectivity index (χ4n) is 2.09. The highest BCUT2D eigenvalue weighted by Crippen LogP contribution is 2.34. The lowest BCUT2D eigenvalue weighted by Gasteiger charge is -2.02. The van der Waals surface area contributed by atoms with Gasteiger partial charge in [0.1, 0.15) is 5.82 Å². The molecule has 0 unspecified atom stereocenters. The summed E-state index contributed by atoms with van der Waals surface area (Å²) in [6, 6.07) is 4.52. The van der Waals surface area contributed by atoms with E-state index in [1.165, 1.54) is 18.2 Å². The van der Waals surface area contributed by atoms with Crippen LogP contribution in [0.5, 0.6) is 0 Å². The van der Waals surface area contributed by atoms with E-state index in [1.54, 1.807) is 13.0 Å². The Bertz CT molecular complexity index is 881. The van der Waals surface area contributed by atoms with E-state index in [0.717, 1.165) is 6.26 Å². The number of hydrogen-bond acceptors (Lipinski definition) is 5. The molecule has 0 bridgehead atoms. The van der Waals surface area contributed by atoms with Gasteiger partial charge in [0.15, 0.2) is 15.7 Å². The highest BCUT2D eigenvalue weighted by molar-refractivity contribution is 7.90. The Labute approximate surface area is 121 Å². The van der Waals surface area contributed by atoms with E-state index < -0.39 is 9.84 Å². The summed E-state index contributed by atoms with van der Waals surface area (Å²) in [5.41, 5.74) is 1.45. The molecular formula is C13H12N4O3S. The van der Waals surface area contributed by atoms with Crippen LogP contribution in [-0.4, -0.2) is 35.8 Å². The van der Waals surface area contributed by atoms with E-state index in [4.69, 9.17) is 0 Å². The number of benzene rings is 1. The number of rotatable bonds is 2. The molecule has 8 heteroatoms. The molecule has 108 valence electrons. The minimum Gasteiger partial charge on any atom is -0.321 e.